The number of hydrogen-bond acceptors (Lipinski definition) is 5. The van der Waals surface area contributed by atoms with Gasteiger partial charge in [0, 0.05) is 40.9 Å². The molecule has 0 aliphatic heterocycles. The highest BCUT2D eigenvalue weighted by molar-refractivity contribution is 7.15. The van der Waals surface area contributed by atoms with E-state index in [1.54, 1.807) is 12.4 Å². The topological polar surface area (TPSA) is 84.2 Å². The second kappa shape index (κ2) is 9.22. The first kappa shape index (κ1) is 20.8. The Bertz CT molecular complexity index is 1390. The lowest BCUT2D eigenvalue weighted by molar-refractivity contribution is 0.262. The summed E-state index contributed by atoms with van der Waals surface area (Å²) < 4.78 is 2.05. The fraction of sp³-hybridized carbons (Fsp3) is 0.120. The van der Waals surface area contributed by atoms with Crippen LogP contribution >= 0.6 is 11.3 Å². The Morgan fingerprint density at radius 2 is 1.76 bits per heavy atom. The van der Waals surface area contributed by atoms with Crippen molar-refractivity contribution in [2.45, 2.75) is 19.8 Å². The first-order valence-corrected chi connectivity index (χ1v) is 11.5. The molecule has 2 N–H and O–H groups in total. The average Bonchev–Trinajstić information content (AvgIpc) is 3.47. The van der Waals surface area contributed by atoms with E-state index in [9.17, 15) is 4.79 Å². The molecule has 0 fully saturated rings. The van der Waals surface area contributed by atoms with Crippen molar-refractivity contribution in [2.24, 2.45) is 0 Å². The van der Waals surface area contributed by atoms with Gasteiger partial charge in [-0.05, 0) is 53.9 Å². The standard InChI is InChI=1S/C25H22N6OS/c1-2-3-21-15-28-25(33-21)30-24(32)29-20-6-4-18(5-7-20)22-16-27-23-14-19(10-13-31(22)23)17-8-11-26-12-9-17/h4-16H,2-3H2,1H3,(H2,28,29,30,32). The summed E-state index contributed by atoms with van der Waals surface area (Å²) in [7, 11) is 0. The number of amides is 2. The maximum Gasteiger partial charge on any atom is 0.325 e. The number of pyridine rings is 2. The van der Waals surface area contributed by atoms with E-state index < -0.39 is 0 Å². The van der Waals surface area contributed by atoms with Crippen LogP contribution in [0.2, 0.25) is 0 Å². The smallest absolute Gasteiger partial charge is 0.308 e. The largest absolute Gasteiger partial charge is 0.325 e. The Kier molecular flexibility index (Phi) is 5.82. The normalized spacial score (nSPS) is 10.9. The molecule has 7 nitrogen and oxygen atoms in total. The Hall–Kier alpha value is -4.04. The van der Waals surface area contributed by atoms with E-state index in [0.717, 1.165) is 45.8 Å². The quantitative estimate of drug-likeness (QED) is 0.324. The number of carbonyl (C=O) groups excluding carboxylic acids is 1. The molecule has 0 aliphatic rings. The number of nitrogens with zero attached hydrogens (tertiary/aromatic N) is 4. The zero-order valence-corrected chi connectivity index (χ0v) is 18.8. The van der Waals surface area contributed by atoms with Crippen LogP contribution in [0.5, 0.6) is 0 Å². The number of hydrogen-bond donors (Lipinski definition) is 2. The van der Waals surface area contributed by atoms with Gasteiger partial charge < -0.3 is 5.32 Å². The van der Waals surface area contributed by atoms with Crippen molar-refractivity contribution < 1.29 is 4.79 Å². The number of thiazole rings is 1. The minimum Gasteiger partial charge on any atom is -0.308 e. The van der Waals surface area contributed by atoms with Crippen molar-refractivity contribution in [3.05, 3.63) is 84.4 Å². The molecular weight excluding hydrogens is 432 g/mol. The summed E-state index contributed by atoms with van der Waals surface area (Å²) in [5.41, 5.74) is 5.75. The SMILES string of the molecule is CCCc1cnc(NC(=O)Nc2ccc(-c3cnc4cc(-c5ccncc5)ccn34)cc2)s1. The summed E-state index contributed by atoms with van der Waals surface area (Å²) in [6, 6.07) is 15.5. The highest BCUT2D eigenvalue weighted by atomic mass is 32.1. The van der Waals surface area contributed by atoms with Gasteiger partial charge in [0.25, 0.3) is 0 Å². The number of anilines is 2. The lowest BCUT2D eigenvalue weighted by atomic mass is 10.1. The average molecular weight is 455 g/mol. The fourth-order valence-electron chi connectivity index (χ4n) is 3.63. The van der Waals surface area contributed by atoms with E-state index in [4.69, 9.17) is 0 Å². The predicted octanol–water partition coefficient (Wildman–Crippen LogP) is 6.12. The highest BCUT2D eigenvalue weighted by Gasteiger charge is 2.10. The number of nitrogens with one attached hydrogen (secondary N) is 2. The number of benzene rings is 1. The van der Waals surface area contributed by atoms with Gasteiger partial charge in [-0.25, -0.2) is 14.8 Å². The summed E-state index contributed by atoms with van der Waals surface area (Å²) in [5.74, 6) is 0. The van der Waals surface area contributed by atoms with Gasteiger partial charge >= 0.3 is 6.03 Å². The van der Waals surface area contributed by atoms with E-state index in [1.165, 1.54) is 11.3 Å². The summed E-state index contributed by atoms with van der Waals surface area (Å²) >= 11 is 1.50. The number of imidazole rings is 1. The molecule has 0 saturated heterocycles. The first-order chi connectivity index (χ1) is 16.2. The summed E-state index contributed by atoms with van der Waals surface area (Å²) in [6.07, 6.45) is 11.3. The summed E-state index contributed by atoms with van der Waals surface area (Å²) in [6.45, 7) is 2.12. The molecule has 8 heteroatoms. The van der Waals surface area contributed by atoms with E-state index in [2.05, 4.69) is 49.0 Å². The van der Waals surface area contributed by atoms with E-state index in [-0.39, 0.29) is 6.03 Å². The lowest BCUT2D eigenvalue weighted by Crippen LogP contribution is -2.19. The van der Waals surface area contributed by atoms with Crippen LogP contribution in [0.4, 0.5) is 15.6 Å². The number of rotatable bonds is 6. The molecule has 0 aliphatic carbocycles. The van der Waals surface area contributed by atoms with Crippen LogP contribution in [0.1, 0.15) is 18.2 Å². The van der Waals surface area contributed by atoms with Gasteiger partial charge in [-0.1, -0.05) is 25.5 Å². The molecule has 0 spiro atoms. The summed E-state index contributed by atoms with van der Waals surface area (Å²) in [4.78, 5) is 26.4. The van der Waals surface area contributed by atoms with Crippen molar-refractivity contribution in [3.63, 3.8) is 0 Å². The molecule has 1 aromatic carbocycles. The number of aromatic nitrogens is 4. The van der Waals surface area contributed by atoms with E-state index >= 15 is 0 Å². The van der Waals surface area contributed by atoms with E-state index in [0.29, 0.717) is 10.8 Å². The molecule has 33 heavy (non-hydrogen) atoms. The van der Waals surface area contributed by atoms with Crippen LogP contribution in [0, 0.1) is 0 Å². The highest BCUT2D eigenvalue weighted by Crippen LogP contribution is 2.26. The van der Waals surface area contributed by atoms with Crippen molar-refractivity contribution in [2.75, 3.05) is 10.6 Å². The molecule has 0 radical (unpaired) electrons. The van der Waals surface area contributed by atoms with Gasteiger partial charge in [0.2, 0.25) is 0 Å². The number of carbonyl (C=O) groups is 1. The Morgan fingerprint density at radius 3 is 2.55 bits per heavy atom. The van der Waals surface area contributed by atoms with Crippen molar-refractivity contribution in [3.8, 4) is 22.4 Å². The van der Waals surface area contributed by atoms with Gasteiger partial charge in [0.15, 0.2) is 5.13 Å². The second-order valence-electron chi connectivity index (χ2n) is 7.56. The van der Waals surface area contributed by atoms with Crippen LogP contribution in [0.3, 0.4) is 0 Å². The Balaban J connectivity index is 1.29. The number of fused-ring (bicyclic) bond motifs is 1. The maximum absolute atomic E-state index is 12.3. The molecule has 5 aromatic rings. The number of urea groups is 1. The molecule has 4 aromatic heterocycles. The minimum atomic E-state index is -0.307. The van der Waals surface area contributed by atoms with Gasteiger partial charge in [-0.15, -0.1) is 11.3 Å². The minimum absolute atomic E-state index is 0.307. The number of aryl methyl sites for hydroxylation is 1. The molecule has 0 bridgehead atoms. The zero-order chi connectivity index (χ0) is 22.6. The predicted molar refractivity (Wildman–Crippen MR) is 133 cm³/mol. The molecule has 5 rings (SSSR count). The van der Waals surface area contributed by atoms with Crippen LogP contribution < -0.4 is 10.6 Å². The lowest BCUT2D eigenvalue weighted by Gasteiger charge is -2.08. The van der Waals surface area contributed by atoms with Gasteiger partial charge in [-0.2, -0.15) is 0 Å². The van der Waals surface area contributed by atoms with Gasteiger partial charge in [0.05, 0.1) is 11.9 Å². The third-order valence-corrected chi connectivity index (χ3v) is 6.21. The first-order valence-electron chi connectivity index (χ1n) is 10.7. The van der Waals surface area contributed by atoms with Crippen molar-refractivity contribution in [1.29, 1.82) is 0 Å². The van der Waals surface area contributed by atoms with Crippen LogP contribution in [0.15, 0.2) is 79.5 Å². The molecule has 2 amide bonds. The van der Waals surface area contributed by atoms with Crippen LogP contribution in [0.25, 0.3) is 28.0 Å². The van der Waals surface area contributed by atoms with Crippen LogP contribution in [-0.2, 0) is 6.42 Å². The molecule has 4 heterocycles. The molecule has 0 unspecified atom stereocenters. The zero-order valence-electron chi connectivity index (χ0n) is 18.0. The maximum atomic E-state index is 12.3. The van der Waals surface area contributed by atoms with Gasteiger partial charge in [0.1, 0.15) is 5.65 Å². The van der Waals surface area contributed by atoms with Crippen molar-refractivity contribution in [1.82, 2.24) is 19.4 Å². The monoisotopic (exact) mass is 454 g/mol. The van der Waals surface area contributed by atoms with Gasteiger partial charge in [-0.3, -0.25) is 14.7 Å². The third-order valence-electron chi connectivity index (χ3n) is 5.24. The molecule has 0 atom stereocenters. The van der Waals surface area contributed by atoms with Crippen molar-refractivity contribution >= 4 is 33.8 Å². The molecule has 164 valence electrons. The second-order valence-corrected chi connectivity index (χ2v) is 8.68. The third kappa shape index (κ3) is 4.61. The van der Waals surface area contributed by atoms with Crippen LogP contribution in [-0.4, -0.2) is 25.4 Å². The van der Waals surface area contributed by atoms with E-state index in [1.807, 2.05) is 55.0 Å². The summed E-state index contributed by atoms with van der Waals surface area (Å²) in [5, 5.41) is 6.25. The Morgan fingerprint density at radius 1 is 0.939 bits per heavy atom. The Labute approximate surface area is 195 Å². The molecular formula is C25H22N6OS. The molecule has 0 saturated carbocycles. The fourth-order valence-corrected chi connectivity index (χ4v) is 4.54.